The molecule has 1 unspecified atom stereocenters. The lowest BCUT2D eigenvalue weighted by atomic mass is 10.2. The third-order valence-electron chi connectivity index (χ3n) is 8.02. The van der Waals surface area contributed by atoms with Crippen molar-refractivity contribution in [2.45, 2.75) is 58.7 Å². The number of anilines is 1. The zero-order valence-electron chi connectivity index (χ0n) is 29.1. The molecule has 276 valence electrons. The number of aromatic nitrogens is 2. The summed E-state index contributed by atoms with van der Waals surface area (Å²) in [5.41, 5.74) is 0.610. The number of nitrogens with zero attached hydrogens (tertiary/aromatic N) is 5. The summed E-state index contributed by atoms with van der Waals surface area (Å²) < 4.78 is 38.8. The average molecular weight is 732 g/mol. The van der Waals surface area contributed by atoms with Gasteiger partial charge in [0, 0.05) is 71.9 Å². The van der Waals surface area contributed by atoms with Crippen LogP contribution in [-0.4, -0.2) is 127 Å². The second-order valence-electron chi connectivity index (χ2n) is 11.8. The van der Waals surface area contributed by atoms with Crippen molar-refractivity contribution < 1.29 is 52.0 Å². The molecule has 2 saturated heterocycles. The first-order valence-electron chi connectivity index (χ1n) is 16.7. The van der Waals surface area contributed by atoms with E-state index in [2.05, 4.69) is 10.3 Å². The molecule has 3 atom stereocenters. The monoisotopic (exact) mass is 731 g/mol. The molecule has 0 aliphatic carbocycles. The van der Waals surface area contributed by atoms with Gasteiger partial charge in [-0.15, -0.1) is 0 Å². The summed E-state index contributed by atoms with van der Waals surface area (Å²) in [5, 5.41) is 2.65. The first kappa shape index (κ1) is 39.1. The molecule has 2 aromatic rings. The number of hydrogen-bond donors (Lipinski definition) is 1. The van der Waals surface area contributed by atoms with Crippen molar-refractivity contribution >= 4 is 43.7 Å². The van der Waals surface area contributed by atoms with Crippen LogP contribution in [0.3, 0.4) is 0 Å². The molecule has 3 amide bonds. The largest absolute Gasteiger partial charge is 0.518 e. The van der Waals surface area contributed by atoms with E-state index in [0.717, 1.165) is 33.1 Å². The SMILES string of the molecule is CCCCOC(=O)N1CCN(C(=O)[C@H](C[P+](=O)OC(OC(C)=O)OC(C)=O)NC(=O)c2cc(N3CC[C@H](OC)C3)nc(-c3ccccc3)n2)CC1. The highest BCUT2D eigenvalue weighted by Crippen LogP contribution is 2.29. The van der Waals surface area contributed by atoms with Crippen molar-refractivity contribution in [3.63, 3.8) is 0 Å². The van der Waals surface area contributed by atoms with E-state index in [1.165, 1.54) is 15.9 Å². The molecule has 4 rings (SSSR count). The Morgan fingerprint density at radius 1 is 0.961 bits per heavy atom. The van der Waals surface area contributed by atoms with Crippen LogP contribution in [0.2, 0.25) is 0 Å². The van der Waals surface area contributed by atoms with E-state index in [1.807, 2.05) is 30.0 Å². The van der Waals surface area contributed by atoms with E-state index >= 15 is 0 Å². The Kier molecular flexibility index (Phi) is 14.6. The zero-order chi connectivity index (χ0) is 36.9. The zero-order valence-corrected chi connectivity index (χ0v) is 30.0. The molecule has 0 spiro atoms. The number of benzene rings is 1. The van der Waals surface area contributed by atoms with Crippen LogP contribution in [0.4, 0.5) is 10.6 Å². The molecule has 1 N–H and O–H groups in total. The maximum absolute atomic E-state index is 13.9. The number of nitrogens with one attached hydrogen (secondary N) is 1. The van der Waals surface area contributed by atoms with Gasteiger partial charge in [-0.1, -0.05) is 48.2 Å². The number of carbonyl (C=O) groups is 5. The van der Waals surface area contributed by atoms with E-state index in [1.54, 1.807) is 19.2 Å². The number of methoxy groups -OCH3 is 1. The van der Waals surface area contributed by atoms with Gasteiger partial charge >= 0.3 is 32.5 Å². The van der Waals surface area contributed by atoms with Gasteiger partial charge in [-0.2, -0.15) is 0 Å². The molecule has 18 heteroatoms. The molecule has 3 heterocycles. The minimum Gasteiger partial charge on any atom is -0.449 e. The lowest BCUT2D eigenvalue weighted by Crippen LogP contribution is -2.56. The number of carbonyl (C=O) groups excluding carboxylic acids is 5. The van der Waals surface area contributed by atoms with Crippen LogP contribution in [0.15, 0.2) is 36.4 Å². The summed E-state index contributed by atoms with van der Waals surface area (Å²) in [5.74, 6) is -2.34. The summed E-state index contributed by atoms with van der Waals surface area (Å²) in [4.78, 5) is 77.5. The summed E-state index contributed by atoms with van der Waals surface area (Å²) in [6, 6.07) is 9.17. The van der Waals surface area contributed by atoms with Gasteiger partial charge in [0.15, 0.2) is 11.9 Å². The number of hydrogen-bond acceptors (Lipinski definition) is 14. The number of esters is 2. The third kappa shape index (κ3) is 11.7. The average Bonchev–Trinajstić information content (AvgIpc) is 3.60. The maximum atomic E-state index is 13.9. The summed E-state index contributed by atoms with van der Waals surface area (Å²) in [6.45, 7) is 4.16. The Morgan fingerprint density at radius 3 is 2.24 bits per heavy atom. The van der Waals surface area contributed by atoms with E-state index in [0.29, 0.717) is 31.1 Å². The summed E-state index contributed by atoms with van der Waals surface area (Å²) in [6.07, 6.45) is 1.28. The highest BCUT2D eigenvalue weighted by molar-refractivity contribution is 7.39. The summed E-state index contributed by atoms with van der Waals surface area (Å²) in [7, 11) is -1.24. The highest BCUT2D eigenvalue weighted by Gasteiger charge is 2.40. The highest BCUT2D eigenvalue weighted by atomic mass is 31.1. The number of ether oxygens (including phenoxy) is 4. The molecule has 17 nitrogen and oxygen atoms in total. The van der Waals surface area contributed by atoms with Crippen LogP contribution in [0.25, 0.3) is 11.4 Å². The number of piperazine rings is 1. The fraction of sp³-hybridized carbons (Fsp3) is 0.545. The van der Waals surface area contributed by atoms with Crippen LogP contribution in [-0.2, 0) is 42.4 Å². The van der Waals surface area contributed by atoms with Crippen molar-refractivity contribution in [3.05, 3.63) is 42.1 Å². The number of amides is 3. The number of rotatable bonds is 15. The Labute approximate surface area is 296 Å². The maximum Gasteiger partial charge on any atom is 0.518 e. The van der Waals surface area contributed by atoms with Gasteiger partial charge in [0.2, 0.25) is 12.1 Å². The molecule has 51 heavy (non-hydrogen) atoms. The van der Waals surface area contributed by atoms with Gasteiger partial charge < -0.3 is 39.0 Å². The third-order valence-corrected chi connectivity index (χ3v) is 9.09. The Morgan fingerprint density at radius 2 is 1.63 bits per heavy atom. The molecule has 0 saturated carbocycles. The minimum atomic E-state index is -2.87. The van der Waals surface area contributed by atoms with Gasteiger partial charge in [-0.3, -0.25) is 19.2 Å². The Hall–Kier alpha value is -4.73. The molecule has 2 fully saturated rings. The second kappa shape index (κ2) is 19.0. The van der Waals surface area contributed by atoms with Crippen LogP contribution in [0.1, 0.15) is 50.5 Å². The molecule has 2 aliphatic rings. The van der Waals surface area contributed by atoms with Crippen LogP contribution < -0.4 is 10.2 Å². The molecular formula is C33H44N6O11P+. The van der Waals surface area contributed by atoms with Crippen molar-refractivity contribution in [2.75, 3.05) is 64.0 Å². The van der Waals surface area contributed by atoms with Crippen LogP contribution >= 0.6 is 8.03 Å². The predicted molar refractivity (Wildman–Crippen MR) is 182 cm³/mol. The molecule has 1 aromatic heterocycles. The molecule has 1 aromatic carbocycles. The molecule has 2 aliphatic heterocycles. The predicted octanol–water partition coefficient (Wildman–Crippen LogP) is 2.72. The second-order valence-corrected chi connectivity index (χ2v) is 13.1. The van der Waals surface area contributed by atoms with Gasteiger partial charge in [-0.05, 0) is 17.4 Å². The van der Waals surface area contributed by atoms with Crippen molar-refractivity contribution in [1.29, 1.82) is 0 Å². The van der Waals surface area contributed by atoms with Gasteiger partial charge in [-0.25, -0.2) is 14.8 Å². The fourth-order valence-corrected chi connectivity index (χ4v) is 6.24. The van der Waals surface area contributed by atoms with Gasteiger partial charge in [0.25, 0.3) is 5.91 Å². The van der Waals surface area contributed by atoms with Crippen molar-refractivity contribution in [2.24, 2.45) is 0 Å². The first-order valence-corrected chi connectivity index (χ1v) is 18.0. The Balaban J connectivity index is 1.57. The lowest BCUT2D eigenvalue weighted by Gasteiger charge is -2.35. The first-order chi connectivity index (χ1) is 24.5. The topological polar surface area (TPSA) is 196 Å². The molecule has 0 radical (unpaired) electrons. The van der Waals surface area contributed by atoms with E-state index in [-0.39, 0.29) is 43.8 Å². The molecule has 0 bridgehead atoms. The number of unbranched alkanes of at least 4 members (excludes halogenated alkanes) is 1. The summed E-state index contributed by atoms with van der Waals surface area (Å²) >= 11 is 0. The standard InChI is InChI=1S/C33H43N6O11P/c1-5-6-18-47-32(44)38-16-14-37(15-17-38)31(43)27(21-51(45)50-33(48-22(2)40)49-23(3)41)35-30(42)26-19-28(39-13-12-25(20-39)46-4)36-29(34-26)24-10-8-7-9-11-24/h7-11,19,25,27,33H,5-6,12-18,20-21H2,1-4H3/p+1/t25-,27-/m0/s1. The van der Waals surface area contributed by atoms with Crippen LogP contribution in [0, 0.1) is 0 Å². The van der Waals surface area contributed by atoms with Gasteiger partial charge in [0.1, 0.15) is 11.5 Å². The van der Waals surface area contributed by atoms with Crippen molar-refractivity contribution in [1.82, 2.24) is 25.1 Å². The quantitative estimate of drug-likeness (QED) is 0.122. The minimum absolute atomic E-state index is 0.0165. The van der Waals surface area contributed by atoms with Gasteiger partial charge in [0.05, 0.1) is 12.7 Å². The molecular weight excluding hydrogens is 687 g/mol. The van der Waals surface area contributed by atoms with Crippen LogP contribution in [0.5, 0.6) is 0 Å². The Bertz CT molecular complexity index is 1540. The lowest BCUT2D eigenvalue weighted by molar-refractivity contribution is -0.231. The van der Waals surface area contributed by atoms with Crippen molar-refractivity contribution in [3.8, 4) is 11.4 Å². The van der Waals surface area contributed by atoms with E-state index in [9.17, 15) is 28.5 Å². The smallest absolute Gasteiger partial charge is 0.449 e. The van der Waals surface area contributed by atoms with E-state index < -0.39 is 56.6 Å². The fourth-order valence-electron chi connectivity index (χ4n) is 5.33. The normalized spacial score (nSPS) is 16.8. The van der Waals surface area contributed by atoms with E-state index in [4.69, 9.17) is 28.5 Å².